The lowest BCUT2D eigenvalue weighted by atomic mass is 10.1. The minimum Gasteiger partial charge on any atom is -0.383 e. The molecule has 21 heavy (non-hydrogen) atoms. The van der Waals surface area contributed by atoms with Crippen molar-refractivity contribution in [1.29, 1.82) is 0 Å². The number of aryl methyl sites for hydroxylation is 1. The standard InChI is InChI=1S/C17H28N2OS/c1-13-11-17(19-8-10-21-15(3)14(19)2)6-5-16(13)12-18-7-9-20-4/h5-6,11,14-15,18H,7-10,12H2,1-4H3. The second-order valence-corrected chi connectivity index (χ2v) is 7.28. The molecule has 0 amide bonds. The Bertz CT molecular complexity index is 452. The summed E-state index contributed by atoms with van der Waals surface area (Å²) in [5, 5.41) is 4.12. The molecule has 4 heteroatoms. The number of anilines is 1. The van der Waals surface area contributed by atoms with Gasteiger partial charge in [-0.15, -0.1) is 0 Å². The zero-order chi connectivity index (χ0) is 15.2. The summed E-state index contributed by atoms with van der Waals surface area (Å²) < 4.78 is 5.06. The average Bonchev–Trinajstić information content (AvgIpc) is 2.48. The summed E-state index contributed by atoms with van der Waals surface area (Å²) in [5.74, 6) is 1.23. The van der Waals surface area contributed by atoms with Crippen molar-refractivity contribution in [3.63, 3.8) is 0 Å². The summed E-state index contributed by atoms with van der Waals surface area (Å²) in [4.78, 5) is 2.55. The molecule has 1 N–H and O–H groups in total. The minimum absolute atomic E-state index is 0.605. The van der Waals surface area contributed by atoms with E-state index in [1.54, 1.807) is 7.11 Å². The van der Waals surface area contributed by atoms with Gasteiger partial charge in [0.05, 0.1) is 6.61 Å². The first-order valence-electron chi connectivity index (χ1n) is 7.81. The molecule has 2 atom stereocenters. The molecule has 1 fully saturated rings. The molecular formula is C17H28N2OS. The quantitative estimate of drug-likeness (QED) is 0.816. The predicted octanol–water partition coefficient (Wildman–Crippen LogP) is 3.06. The van der Waals surface area contributed by atoms with E-state index in [0.29, 0.717) is 11.3 Å². The molecule has 0 aliphatic carbocycles. The van der Waals surface area contributed by atoms with Crippen molar-refractivity contribution in [2.45, 2.75) is 38.6 Å². The van der Waals surface area contributed by atoms with Crippen molar-refractivity contribution < 1.29 is 4.74 Å². The van der Waals surface area contributed by atoms with E-state index in [-0.39, 0.29) is 0 Å². The Kier molecular flexibility index (Phi) is 6.40. The maximum Gasteiger partial charge on any atom is 0.0587 e. The molecule has 1 aromatic carbocycles. The van der Waals surface area contributed by atoms with E-state index in [2.05, 4.69) is 60.9 Å². The van der Waals surface area contributed by atoms with Gasteiger partial charge in [-0.25, -0.2) is 0 Å². The van der Waals surface area contributed by atoms with Crippen molar-refractivity contribution in [1.82, 2.24) is 5.32 Å². The molecule has 0 saturated carbocycles. The van der Waals surface area contributed by atoms with Gasteiger partial charge >= 0.3 is 0 Å². The van der Waals surface area contributed by atoms with Gasteiger partial charge in [-0.1, -0.05) is 13.0 Å². The molecule has 1 heterocycles. The third kappa shape index (κ3) is 4.38. The molecule has 1 aromatic rings. The van der Waals surface area contributed by atoms with E-state index in [9.17, 15) is 0 Å². The second kappa shape index (κ2) is 8.06. The van der Waals surface area contributed by atoms with Crippen LogP contribution in [0.25, 0.3) is 0 Å². The van der Waals surface area contributed by atoms with Gasteiger partial charge in [-0.05, 0) is 37.1 Å². The Morgan fingerprint density at radius 2 is 2.19 bits per heavy atom. The van der Waals surface area contributed by atoms with Crippen molar-refractivity contribution in [2.75, 3.05) is 37.5 Å². The van der Waals surface area contributed by atoms with Crippen LogP contribution < -0.4 is 10.2 Å². The Morgan fingerprint density at radius 1 is 1.38 bits per heavy atom. The van der Waals surface area contributed by atoms with Gasteiger partial charge in [-0.2, -0.15) is 11.8 Å². The fourth-order valence-electron chi connectivity index (χ4n) is 2.75. The van der Waals surface area contributed by atoms with Gasteiger partial charge < -0.3 is 15.0 Å². The molecule has 2 rings (SSSR count). The van der Waals surface area contributed by atoms with Crippen LogP contribution in [0.2, 0.25) is 0 Å². The number of thioether (sulfide) groups is 1. The first kappa shape index (κ1) is 16.7. The fraction of sp³-hybridized carbons (Fsp3) is 0.647. The largest absolute Gasteiger partial charge is 0.383 e. The Morgan fingerprint density at radius 3 is 2.90 bits per heavy atom. The number of methoxy groups -OCH3 is 1. The van der Waals surface area contributed by atoms with Crippen LogP contribution in [-0.2, 0) is 11.3 Å². The summed E-state index contributed by atoms with van der Waals surface area (Å²) in [6, 6.07) is 7.49. The molecule has 0 spiro atoms. The monoisotopic (exact) mass is 308 g/mol. The second-order valence-electron chi connectivity index (χ2n) is 5.79. The molecule has 1 aliphatic rings. The minimum atomic E-state index is 0.605. The normalized spacial score (nSPS) is 22.6. The van der Waals surface area contributed by atoms with Crippen LogP contribution in [0.3, 0.4) is 0 Å². The topological polar surface area (TPSA) is 24.5 Å². The zero-order valence-corrected chi connectivity index (χ0v) is 14.5. The van der Waals surface area contributed by atoms with Crippen LogP contribution in [0.5, 0.6) is 0 Å². The Hall–Kier alpha value is -0.710. The predicted molar refractivity (Wildman–Crippen MR) is 93.5 cm³/mol. The van der Waals surface area contributed by atoms with E-state index < -0.39 is 0 Å². The highest BCUT2D eigenvalue weighted by atomic mass is 32.2. The third-order valence-corrected chi connectivity index (χ3v) is 5.68. The lowest BCUT2D eigenvalue weighted by Gasteiger charge is -2.39. The van der Waals surface area contributed by atoms with Crippen LogP contribution in [0.15, 0.2) is 18.2 Å². The van der Waals surface area contributed by atoms with Crippen molar-refractivity contribution in [3.05, 3.63) is 29.3 Å². The molecule has 3 nitrogen and oxygen atoms in total. The van der Waals surface area contributed by atoms with Crippen molar-refractivity contribution >= 4 is 17.4 Å². The molecule has 0 aromatic heterocycles. The fourth-order valence-corrected chi connectivity index (χ4v) is 3.85. The Labute approximate surface area is 133 Å². The summed E-state index contributed by atoms with van der Waals surface area (Å²) in [7, 11) is 1.74. The molecule has 0 bridgehead atoms. The highest BCUT2D eigenvalue weighted by molar-refractivity contribution is 8.00. The van der Waals surface area contributed by atoms with Crippen LogP contribution in [-0.4, -0.2) is 43.9 Å². The zero-order valence-electron chi connectivity index (χ0n) is 13.7. The number of nitrogens with zero attached hydrogens (tertiary/aromatic N) is 1. The number of rotatable bonds is 6. The summed E-state index contributed by atoms with van der Waals surface area (Å²) in [6.07, 6.45) is 0. The maximum atomic E-state index is 5.06. The van der Waals surface area contributed by atoms with E-state index in [0.717, 1.165) is 26.2 Å². The lowest BCUT2D eigenvalue weighted by molar-refractivity contribution is 0.199. The molecule has 1 saturated heterocycles. The van der Waals surface area contributed by atoms with Crippen molar-refractivity contribution in [3.8, 4) is 0 Å². The number of nitrogens with one attached hydrogen (secondary N) is 1. The van der Waals surface area contributed by atoms with Crippen LogP contribution in [0.4, 0.5) is 5.69 Å². The smallest absolute Gasteiger partial charge is 0.0587 e. The van der Waals surface area contributed by atoms with Gasteiger partial charge in [0.25, 0.3) is 0 Å². The van der Waals surface area contributed by atoms with Crippen LogP contribution in [0.1, 0.15) is 25.0 Å². The average molecular weight is 308 g/mol. The summed E-state index contributed by atoms with van der Waals surface area (Å²) >= 11 is 2.08. The first-order chi connectivity index (χ1) is 10.1. The SMILES string of the molecule is COCCNCc1ccc(N2CCSC(C)C2C)cc1C. The molecule has 2 unspecified atom stereocenters. The maximum absolute atomic E-state index is 5.06. The van der Waals surface area contributed by atoms with Gasteiger partial charge in [0.15, 0.2) is 0 Å². The van der Waals surface area contributed by atoms with E-state index in [1.165, 1.54) is 22.6 Å². The highest BCUT2D eigenvalue weighted by Gasteiger charge is 2.25. The van der Waals surface area contributed by atoms with Gasteiger partial charge in [0.2, 0.25) is 0 Å². The molecule has 1 aliphatic heterocycles. The van der Waals surface area contributed by atoms with E-state index >= 15 is 0 Å². The van der Waals surface area contributed by atoms with E-state index in [4.69, 9.17) is 4.74 Å². The molecule has 118 valence electrons. The number of ether oxygens (including phenoxy) is 1. The highest BCUT2D eigenvalue weighted by Crippen LogP contribution is 2.30. The lowest BCUT2D eigenvalue weighted by Crippen LogP contribution is -2.44. The molecule has 0 radical (unpaired) electrons. The van der Waals surface area contributed by atoms with Crippen molar-refractivity contribution in [2.24, 2.45) is 0 Å². The summed E-state index contributed by atoms with van der Waals surface area (Å²) in [6.45, 7) is 10.6. The number of hydrogen-bond donors (Lipinski definition) is 1. The number of hydrogen-bond acceptors (Lipinski definition) is 4. The third-order valence-electron chi connectivity index (χ3n) is 4.34. The first-order valence-corrected chi connectivity index (χ1v) is 8.85. The van der Waals surface area contributed by atoms with E-state index in [1.807, 2.05) is 0 Å². The van der Waals surface area contributed by atoms with Gasteiger partial charge in [0, 0.05) is 49.5 Å². The van der Waals surface area contributed by atoms with Crippen LogP contribution in [0, 0.1) is 6.92 Å². The Balaban J connectivity index is 2.01. The molecular weight excluding hydrogens is 280 g/mol. The van der Waals surface area contributed by atoms with Gasteiger partial charge in [0.1, 0.15) is 0 Å². The van der Waals surface area contributed by atoms with Crippen LogP contribution >= 0.6 is 11.8 Å². The summed E-state index contributed by atoms with van der Waals surface area (Å²) in [5.41, 5.74) is 4.12. The van der Waals surface area contributed by atoms with Gasteiger partial charge in [-0.3, -0.25) is 0 Å². The number of benzene rings is 1.